The fraction of sp³-hybridized carbons (Fsp3) is 0.409. The summed E-state index contributed by atoms with van der Waals surface area (Å²) in [5.41, 5.74) is 0.595. The number of esters is 1. The monoisotopic (exact) mass is 483 g/mol. The summed E-state index contributed by atoms with van der Waals surface area (Å²) in [7, 11) is 0. The molecule has 0 bridgehead atoms. The van der Waals surface area contributed by atoms with Gasteiger partial charge in [-0.15, -0.1) is 0 Å². The Kier molecular flexibility index (Phi) is 7.02. The third-order valence-electron chi connectivity index (χ3n) is 5.72. The normalized spacial score (nSPS) is 24.7. The quantitative estimate of drug-likeness (QED) is 0.209. The average Bonchev–Trinajstić information content (AvgIpc) is 3.08. The second-order valence-electron chi connectivity index (χ2n) is 8.08. The van der Waals surface area contributed by atoms with Gasteiger partial charge in [-0.3, -0.25) is 14.5 Å². The molecule has 160 valence electrons. The minimum Gasteiger partial charge on any atom is -0.426 e. The van der Waals surface area contributed by atoms with Crippen LogP contribution >= 0.6 is 47.2 Å². The first kappa shape index (κ1) is 23.3. The minimum atomic E-state index is -0.307. The van der Waals surface area contributed by atoms with Crippen LogP contribution in [-0.4, -0.2) is 27.1 Å². The van der Waals surface area contributed by atoms with Crippen LogP contribution in [0, 0.1) is 17.3 Å². The topological polar surface area (TPSA) is 46.6 Å². The Morgan fingerprint density at radius 3 is 2.53 bits per heavy atom. The fourth-order valence-electron chi connectivity index (χ4n) is 3.58. The molecule has 1 heterocycles. The number of hydrogen-bond acceptors (Lipinski definition) is 5. The van der Waals surface area contributed by atoms with Crippen LogP contribution in [0.2, 0.25) is 0 Å². The van der Waals surface area contributed by atoms with Crippen LogP contribution in [0.4, 0.5) is 0 Å². The molecule has 8 heteroatoms. The van der Waals surface area contributed by atoms with Gasteiger partial charge in [-0.2, -0.15) is 0 Å². The predicted molar refractivity (Wildman–Crippen MR) is 127 cm³/mol. The number of allylic oxidation sites excluding steroid dienone is 1. The van der Waals surface area contributed by atoms with Crippen LogP contribution in [-0.2, 0) is 9.59 Å². The van der Waals surface area contributed by atoms with E-state index in [0.717, 1.165) is 12.0 Å². The summed E-state index contributed by atoms with van der Waals surface area (Å²) in [4.78, 5) is 27.4. The summed E-state index contributed by atoms with van der Waals surface area (Å²) < 4.78 is 6.28. The molecule has 3 rings (SSSR count). The van der Waals surface area contributed by atoms with Crippen LogP contribution in [0.15, 0.2) is 39.7 Å². The molecule has 1 aromatic rings. The van der Waals surface area contributed by atoms with Crippen molar-refractivity contribution in [2.45, 2.75) is 40.2 Å². The van der Waals surface area contributed by atoms with Gasteiger partial charge in [0, 0.05) is 6.04 Å². The Balaban J connectivity index is 1.67. The minimum absolute atomic E-state index is 0.0401. The van der Waals surface area contributed by atoms with Gasteiger partial charge in [0.25, 0.3) is 5.91 Å². The highest BCUT2D eigenvalue weighted by atomic mass is 35.5. The van der Waals surface area contributed by atoms with E-state index >= 15 is 0 Å². The highest BCUT2D eigenvalue weighted by molar-refractivity contribution is 8.26. The number of rotatable bonds is 6. The molecule has 1 aromatic carbocycles. The summed E-state index contributed by atoms with van der Waals surface area (Å²) in [6, 6.07) is 7.12. The zero-order chi connectivity index (χ0) is 22.2. The smallest absolute Gasteiger partial charge is 0.315 e. The van der Waals surface area contributed by atoms with Gasteiger partial charge in [0.1, 0.15) is 14.6 Å². The van der Waals surface area contributed by atoms with Crippen LogP contribution in [0.5, 0.6) is 5.75 Å². The average molecular weight is 484 g/mol. The molecular formula is C22H23Cl2NO3S2. The highest BCUT2D eigenvalue weighted by Gasteiger charge is 2.61. The van der Waals surface area contributed by atoms with Gasteiger partial charge in [0.05, 0.1) is 10.8 Å². The molecule has 2 fully saturated rings. The number of ether oxygens (including phenoxy) is 1. The number of halogens is 2. The molecule has 3 atom stereocenters. The molecule has 30 heavy (non-hydrogen) atoms. The molecule has 0 radical (unpaired) electrons. The van der Waals surface area contributed by atoms with E-state index in [4.69, 9.17) is 40.2 Å². The summed E-state index contributed by atoms with van der Waals surface area (Å²) in [6.45, 7) is 7.98. The van der Waals surface area contributed by atoms with Crippen molar-refractivity contribution in [1.29, 1.82) is 0 Å². The zero-order valence-electron chi connectivity index (χ0n) is 17.1. The fourth-order valence-corrected chi connectivity index (χ4v) is 5.31. The molecule has 1 saturated heterocycles. The lowest BCUT2D eigenvalue weighted by Crippen LogP contribution is -2.36. The first-order valence-electron chi connectivity index (χ1n) is 9.68. The molecule has 1 aliphatic heterocycles. The first-order valence-corrected chi connectivity index (χ1v) is 11.7. The van der Waals surface area contributed by atoms with Crippen molar-refractivity contribution in [3.05, 3.63) is 45.3 Å². The Bertz CT molecular complexity index is 936. The van der Waals surface area contributed by atoms with E-state index < -0.39 is 0 Å². The molecule has 0 aromatic heterocycles. The highest BCUT2D eigenvalue weighted by Crippen LogP contribution is 2.60. The van der Waals surface area contributed by atoms with E-state index in [1.807, 2.05) is 39.8 Å². The summed E-state index contributed by atoms with van der Waals surface area (Å²) >= 11 is 18.2. The molecule has 1 amide bonds. The summed E-state index contributed by atoms with van der Waals surface area (Å²) in [5.74, 6) is -0.249. The van der Waals surface area contributed by atoms with E-state index in [2.05, 4.69) is 0 Å². The van der Waals surface area contributed by atoms with Crippen LogP contribution in [0.1, 0.15) is 39.7 Å². The summed E-state index contributed by atoms with van der Waals surface area (Å²) in [6.07, 6.45) is 4.33. The maximum Gasteiger partial charge on any atom is 0.315 e. The van der Waals surface area contributed by atoms with Gasteiger partial charge in [-0.1, -0.05) is 80.1 Å². The van der Waals surface area contributed by atoms with Gasteiger partial charge in [0.2, 0.25) is 0 Å². The number of carbonyl (C=O) groups excluding carboxylic acids is 2. The van der Waals surface area contributed by atoms with E-state index in [-0.39, 0.29) is 39.7 Å². The first-order chi connectivity index (χ1) is 14.1. The Morgan fingerprint density at radius 2 is 1.97 bits per heavy atom. The van der Waals surface area contributed by atoms with E-state index in [9.17, 15) is 9.59 Å². The van der Waals surface area contributed by atoms with E-state index in [1.165, 1.54) is 11.8 Å². The molecule has 0 N–H and O–H groups in total. The lowest BCUT2D eigenvalue weighted by molar-refractivity contribution is -0.136. The van der Waals surface area contributed by atoms with Gasteiger partial charge >= 0.3 is 5.97 Å². The maximum absolute atomic E-state index is 12.6. The molecule has 1 aliphatic carbocycles. The number of thioether (sulfide) groups is 1. The van der Waals surface area contributed by atoms with Gasteiger partial charge in [0.15, 0.2) is 0 Å². The van der Waals surface area contributed by atoms with Crippen LogP contribution in [0.25, 0.3) is 6.08 Å². The van der Waals surface area contributed by atoms with Gasteiger partial charge in [-0.25, -0.2) is 0 Å². The van der Waals surface area contributed by atoms with Gasteiger partial charge in [-0.05, 0) is 54.5 Å². The van der Waals surface area contributed by atoms with Crippen molar-refractivity contribution in [3.8, 4) is 5.75 Å². The lowest BCUT2D eigenvalue weighted by atomic mass is 10.1. The predicted octanol–water partition coefficient (Wildman–Crippen LogP) is 6.18. The second-order valence-corrected chi connectivity index (χ2v) is 10.8. The third-order valence-corrected chi connectivity index (χ3v) is 7.30. The SMILES string of the molecule is CCC(C)N1C(=O)/C(=C\c2ccc(OC(=O)C3C(C=C(Cl)Cl)C3(C)C)cc2)SC1=S. The Hall–Kier alpha value is -1.34. The molecule has 3 unspecified atom stereocenters. The molecular weight excluding hydrogens is 461 g/mol. The number of benzene rings is 1. The van der Waals surface area contributed by atoms with E-state index in [0.29, 0.717) is 15.0 Å². The van der Waals surface area contributed by atoms with Crippen molar-refractivity contribution < 1.29 is 14.3 Å². The molecule has 1 saturated carbocycles. The maximum atomic E-state index is 12.6. The molecule has 2 aliphatic rings. The van der Waals surface area contributed by atoms with Gasteiger partial charge < -0.3 is 4.74 Å². The molecule has 0 spiro atoms. The second kappa shape index (κ2) is 9.03. The largest absolute Gasteiger partial charge is 0.426 e. The van der Waals surface area contributed by atoms with Crippen LogP contribution < -0.4 is 4.74 Å². The number of amides is 1. The van der Waals surface area contributed by atoms with Crippen molar-refractivity contribution in [2.75, 3.05) is 0 Å². The number of thiocarbonyl (C=S) groups is 1. The van der Waals surface area contributed by atoms with Crippen molar-refractivity contribution in [2.24, 2.45) is 17.3 Å². The summed E-state index contributed by atoms with van der Waals surface area (Å²) in [5, 5.41) is 0. The van der Waals surface area contributed by atoms with Crippen molar-refractivity contribution in [3.63, 3.8) is 0 Å². The van der Waals surface area contributed by atoms with Crippen LogP contribution in [0.3, 0.4) is 0 Å². The zero-order valence-corrected chi connectivity index (χ0v) is 20.3. The Labute approximate surface area is 196 Å². The number of hydrogen-bond donors (Lipinski definition) is 0. The molecule has 4 nitrogen and oxygen atoms in total. The van der Waals surface area contributed by atoms with Crippen molar-refractivity contribution >= 4 is 69.5 Å². The standard InChI is InChI=1S/C22H23Cl2NO3S2/c1-5-12(2)25-19(26)16(30-21(25)29)10-13-6-8-14(9-7-13)28-20(27)18-15(11-17(23)24)22(18,3)4/h6-12,15,18H,5H2,1-4H3/b16-10+. The lowest BCUT2D eigenvalue weighted by Gasteiger charge is -2.21. The van der Waals surface area contributed by atoms with E-state index in [1.54, 1.807) is 29.2 Å². The Morgan fingerprint density at radius 1 is 1.33 bits per heavy atom. The number of carbonyl (C=O) groups is 2. The number of nitrogens with zero attached hydrogens (tertiary/aromatic N) is 1. The third kappa shape index (κ3) is 4.77. The van der Waals surface area contributed by atoms with Crippen molar-refractivity contribution in [1.82, 2.24) is 4.90 Å².